The van der Waals surface area contributed by atoms with Crippen molar-refractivity contribution in [3.8, 4) is 0 Å². The van der Waals surface area contributed by atoms with Crippen LogP contribution in [0.15, 0.2) is 5.16 Å². The standard InChI is InChI=1S/C8H14N4O3S/c1-12-7(6-4-2-3-5-15-6)10-11-8(12)16(9,13)14/h6H,2-5H2,1H3,(H2,9,13,14). The minimum Gasteiger partial charge on any atom is -0.370 e. The molecule has 8 heteroatoms. The van der Waals surface area contributed by atoms with Gasteiger partial charge in [-0.05, 0) is 19.3 Å². The zero-order valence-electron chi connectivity index (χ0n) is 8.96. The van der Waals surface area contributed by atoms with Crippen LogP contribution < -0.4 is 5.14 Å². The van der Waals surface area contributed by atoms with E-state index >= 15 is 0 Å². The molecule has 1 aromatic heterocycles. The highest BCUT2D eigenvalue weighted by Crippen LogP contribution is 2.26. The highest BCUT2D eigenvalue weighted by atomic mass is 32.2. The minimum atomic E-state index is -3.82. The third kappa shape index (κ3) is 2.08. The summed E-state index contributed by atoms with van der Waals surface area (Å²) in [7, 11) is -2.24. The van der Waals surface area contributed by atoms with E-state index in [1.807, 2.05) is 0 Å². The van der Waals surface area contributed by atoms with Crippen LogP contribution in [0.2, 0.25) is 0 Å². The first kappa shape index (κ1) is 11.5. The van der Waals surface area contributed by atoms with Crippen LogP contribution in [0.4, 0.5) is 0 Å². The van der Waals surface area contributed by atoms with E-state index in [9.17, 15) is 8.42 Å². The minimum absolute atomic E-state index is 0.179. The summed E-state index contributed by atoms with van der Waals surface area (Å²) in [6.45, 7) is 0.669. The van der Waals surface area contributed by atoms with E-state index < -0.39 is 10.0 Å². The van der Waals surface area contributed by atoms with E-state index in [1.54, 1.807) is 7.05 Å². The van der Waals surface area contributed by atoms with E-state index in [-0.39, 0.29) is 11.3 Å². The second kappa shape index (κ2) is 4.11. The molecule has 0 amide bonds. The van der Waals surface area contributed by atoms with Gasteiger partial charge in [-0.15, -0.1) is 10.2 Å². The van der Waals surface area contributed by atoms with Gasteiger partial charge >= 0.3 is 0 Å². The van der Waals surface area contributed by atoms with Crippen LogP contribution >= 0.6 is 0 Å². The Morgan fingerprint density at radius 1 is 1.44 bits per heavy atom. The predicted molar refractivity (Wildman–Crippen MR) is 54.9 cm³/mol. The van der Waals surface area contributed by atoms with Gasteiger partial charge in [0.05, 0.1) is 0 Å². The number of ether oxygens (including phenoxy) is 1. The first-order chi connectivity index (χ1) is 7.50. The molecular formula is C8H14N4O3S. The predicted octanol–water partition coefficient (Wildman–Crippen LogP) is -0.296. The zero-order valence-corrected chi connectivity index (χ0v) is 9.77. The van der Waals surface area contributed by atoms with Gasteiger partial charge in [0.25, 0.3) is 15.2 Å². The molecule has 1 unspecified atom stereocenters. The van der Waals surface area contributed by atoms with Crippen molar-refractivity contribution in [2.75, 3.05) is 6.61 Å². The quantitative estimate of drug-likeness (QED) is 0.772. The van der Waals surface area contributed by atoms with Gasteiger partial charge in [-0.2, -0.15) is 0 Å². The summed E-state index contributed by atoms with van der Waals surface area (Å²) < 4.78 is 29.2. The molecule has 1 atom stereocenters. The Morgan fingerprint density at radius 2 is 2.19 bits per heavy atom. The molecule has 1 fully saturated rings. The van der Waals surface area contributed by atoms with Crippen molar-refractivity contribution in [2.24, 2.45) is 12.2 Å². The lowest BCUT2D eigenvalue weighted by molar-refractivity contribution is 0.00739. The monoisotopic (exact) mass is 246 g/mol. The third-order valence-electron chi connectivity index (χ3n) is 2.59. The van der Waals surface area contributed by atoms with Crippen molar-refractivity contribution < 1.29 is 13.2 Å². The normalized spacial score (nSPS) is 22.2. The number of hydrogen-bond acceptors (Lipinski definition) is 5. The van der Waals surface area contributed by atoms with Crippen LogP contribution in [0.25, 0.3) is 0 Å². The van der Waals surface area contributed by atoms with Gasteiger partial charge in [0.1, 0.15) is 6.10 Å². The SMILES string of the molecule is Cn1c(C2CCCCO2)nnc1S(N)(=O)=O. The second-order valence-corrected chi connectivity index (χ2v) is 5.26. The first-order valence-corrected chi connectivity index (χ1v) is 6.58. The number of sulfonamides is 1. The highest BCUT2D eigenvalue weighted by Gasteiger charge is 2.25. The average molecular weight is 246 g/mol. The van der Waals surface area contributed by atoms with Crippen molar-refractivity contribution in [3.05, 3.63) is 5.82 Å². The summed E-state index contributed by atoms with van der Waals surface area (Å²) >= 11 is 0. The van der Waals surface area contributed by atoms with E-state index in [1.165, 1.54) is 4.57 Å². The summed E-state index contributed by atoms with van der Waals surface area (Å²) in [5, 5.41) is 12.2. The summed E-state index contributed by atoms with van der Waals surface area (Å²) in [5.41, 5.74) is 0. The maximum atomic E-state index is 11.2. The van der Waals surface area contributed by atoms with Gasteiger partial charge in [-0.3, -0.25) is 0 Å². The van der Waals surface area contributed by atoms with Gasteiger partial charge < -0.3 is 9.30 Å². The molecule has 1 aromatic rings. The van der Waals surface area contributed by atoms with Gasteiger partial charge in [0.15, 0.2) is 5.82 Å². The number of nitrogens with zero attached hydrogens (tertiary/aromatic N) is 3. The summed E-state index contributed by atoms with van der Waals surface area (Å²) in [5.74, 6) is 0.517. The van der Waals surface area contributed by atoms with Crippen LogP contribution in [0.3, 0.4) is 0 Å². The molecule has 0 aliphatic carbocycles. The Balaban J connectivity index is 2.33. The van der Waals surface area contributed by atoms with Crippen LogP contribution in [-0.2, 0) is 21.8 Å². The maximum absolute atomic E-state index is 11.2. The highest BCUT2D eigenvalue weighted by molar-refractivity contribution is 7.89. The van der Waals surface area contributed by atoms with Gasteiger partial charge in [-0.25, -0.2) is 13.6 Å². The van der Waals surface area contributed by atoms with E-state index in [4.69, 9.17) is 9.88 Å². The molecule has 1 saturated heterocycles. The lowest BCUT2D eigenvalue weighted by Gasteiger charge is -2.21. The molecule has 1 aliphatic heterocycles. The molecule has 0 bridgehead atoms. The maximum Gasteiger partial charge on any atom is 0.273 e. The fourth-order valence-corrected chi connectivity index (χ4v) is 2.43. The first-order valence-electron chi connectivity index (χ1n) is 5.04. The Bertz CT molecular complexity index is 475. The average Bonchev–Trinajstić information content (AvgIpc) is 2.61. The molecule has 1 aliphatic rings. The fourth-order valence-electron chi connectivity index (χ4n) is 1.80. The zero-order chi connectivity index (χ0) is 11.8. The molecule has 2 N–H and O–H groups in total. The summed E-state index contributed by atoms with van der Waals surface area (Å²) in [6, 6.07) is 0. The molecule has 0 spiro atoms. The molecule has 0 aromatic carbocycles. The molecule has 0 radical (unpaired) electrons. The van der Waals surface area contributed by atoms with Crippen molar-refractivity contribution in [3.63, 3.8) is 0 Å². The number of aromatic nitrogens is 3. The van der Waals surface area contributed by atoms with Crippen molar-refractivity contribution in [1.82, 2.24) is 14.8 Å². The van der Waals surface area contributed by atoms with E-state index in [2.05, 4.69) is 10.2 Å². The molecular weight excluding hydrogens is 232 g/mol. The van der Waals surface area contributed by atoms with Crippen LogP contribution in [0.1, 0.15) is 31.2 Å². The fraction of sp³-hybridized carbons (Fsp3) is 0.750. The Hall–Kier alpha value is -0.990. The molecule has 16 heavy (non-hydrogen) atoms. The second-order valence-electron chi connectivity index (χ2n) is 3.80. The van der Waals surface area contributed by atoms with Gasteiger partial charge in [0.2, 0.25) is 0 Å². The number of hydrogen-bond donors (Lipinski definition) is 1. The third-order valence-corrected chi connectivity index (χ3v) is 3.46. The van der Waals surface area contributed by atoms with Gasteiger partial charge in [0, 0.05) is 13.7 Å². The Kier molecular flexibility index (Phi) is 2.96. The largest absolute Gasteiger partial charge is 0.370 e. The van der Waals surface area contributed by atoms with Crippen LogP contribution in [0.5, 0.6) is 0 Å². The van der Waals surface area contributed by atoms with Gasteiger partial charge in [-0.1, -0.05) is 0 Å². The molecule has 90 valence electrons. The van der Waals surface area contributed by atoms with E-state index in [0.29, 0.717) is 12.4 Å². The Morgan fingerprint density at radius 3 is 2.69 bits per heavy atom. The lowest BCUT2D eigenvalue weighted by atomic mass is 10.1. The van der Waals surface area contributed by atoms with Crippen molar-refractivity contribution >= 4 is 10.0 Å². The van der Waals surface area contributed by atoms with Crippen LogP contribution in [0, 0.1) is 0 Å². The smallest absolute Gasteiger partial charge is 0.273 e. The molecule has 2 rings (SSSR count). The molecule has 0 saturated carbocycles. The number of rotatable bonds is 2. The number of nitrogens with two attached hydrogens (primary N) is 1. The van der Waals surface area contributed by atoms with Crippen LogP contribution in [-0.4, -0.2) is 29.8 Å². The lowest BCUT2D eigenvalue weighted by Crippen LogP contribution is -2.20. The topological polar surface area (TPSA) is 100 Å². The van der Waals surface area contributed by atoms with E-state index in [0.717, 1.165) is 19.3 Å². The molecule has 2 heterocycles. The molecule has 7 nitrogen and oxygen atoms in total. The summed E-state index contributed by atoms with van der Waals surface area (Å²) in [6.07, 6.45) is 2.72. The van der Waals surface area contributed by atoms with Crippen molar-refractivity contribution in [2.45, 2.75) is 30.5 Å². The Labute approximate surface area is 93.7 Å². The van der Waals surface area contributed by atoms with Crippen molar-refractivity contribution in [1.29, 1.82) is 0 Å². The summed E-state index contributed by atoms with van der Waals surface area (Å²) in [4.78, 5) is 0. The number of primary sulfonamides is 1.